The van der Waals surface area contributed by atoms with Crippen molar-refractivity contribution in [2.75, 3.05) is 6.26 Å². The van der Waals surface area contributed by atoms with Gasteiger partial charge in [-0.1, -0.05) is 18.2 Å². The molecule has 4 nitrogen and oxygen atoms in total. The molecule has 0 spiro atoms. The Morgan fingerprint density at radius 3 is 2.45 bits per heavy atom. The smallest absolute Gasteiger partial charge is 0.175 e. The van der Waals surface area contributed by atoms with Gasteiger partial charge in [0.2, 0.25) is 0 Å². The van der Waals surface area contributed by atoms with Crippen LogP contribution >= 0.6 is 12.6 Å². The topological polar surface area (TPSA) is 52.0 Å². The molecule has 0 atom stereocenters. The monoisotopic (exact) mass is 304 g/mol. The van der Waals surface area contributed by atoms with Crippen molar-refractivity contribution in [3.05, 3.63) is 48.5 Å². The van der Waals surface area contributed by atoms with Crippen molar-refractivity contribution in [2.45, 2.75) is 10.1 Å². The van der Waals surface area contributed by atoms with Crippen molar-refractivity contribution in [3.63, 3.8) is 0 Å². The van der Waals surface area contributed by atoms with E-state index in [0.717, 1.165) is 11.2 Å². The number of imidazole rings is 1. The summed E-state index contributed by atoms with van der Waals surface area (Å²) in [6.07, 6.45) is 1.18. The Hall–Kier alpha value is -1.79. The third kappa shape index (κ3) is 2.21. The zero-order valence-corrected chi connectivity index (χ0v) is 12.4. The standard InChI is InChI=1S/C14H12N2O2S2/c1-20(17,18)11-7-8-13-12(9-11)15-14(19)16(13)10-5-3-2-4-6-10/h2-9H,1H3,(H,15,19). The first-order valence-electron chi connectivity index (χ1n) is 5.94. The van der Waals surface area contributed by atoms with E-state index < -0.39 is 9.84 Å². The zero-order valence-electron chi connectivity index (χ0n) is 10.7. The van der Waals surface area contributed by atoms with Gasteiger partial charge in [0.1, 0.15) is 0 Å². The van der Waals surface area contributed by atoms with Crippen LogP contribution in [0.5, 0.6) is 0 Å². The molecule has 0 aliphatic heterocycles. The van der Waals surface area contributed by atoms with Crippen LogP contribution in [0.2, 0.25) is 0 Å². The number of benzene rings is 2. The lowest BCUT2D eigenvalue weighted by molar-refractivity contribution is 0.602. The van der Waals surface area contributed by atoms with Crippen molar-refractivity contribution in [1.82, 2.24) is 9.55 Å². The summed E-state index contributed by atoms with van der Waals surface area (Å²) in [5.41, 5.74) is 2.38. The van der Waals surface area contributed by atoms with E-state index >= 15 is 0 Å². The van der Waals surface area contributed by atoms with Crippen LogP contribution < -0.4 is 0 Å². The van der Waals surface area contributed by atoms with Crippen LogP contribution in [-0.2, 0) is 9.84 Å². The Kier molecular flexibility index (Phi) is 3.07. The van der Waals surface area contributed by atoms with E-state index in [1.165, 1.54) is 6.26 Å². The van der Waals surface area contributed by atoms with Crippen molar-refractivity contribution in [2.24, 2.45) is 0 Å². The molecule has 0 saturated carbocycles. The van der Waals surface area contributed by atoms with E-state index in [0.29, 0.717) is 10.7 Å². The highest BCUT2D eigenvalue weighted by Crippen LogP contribution is 2.25. The number of hydrogen-bond donors (Lipinski definition) is 1. The summed E-state index contributed by atoms with van der Waals surface area (Å²) in [5, 5.41) is 0.525. The molecule has 0 aliphatic carbocycles. The maximum atomic E-state index is 11.6. The molecule has 0 N–H and O–H groups in total. The Morgan fingerprint density at radius 2 is 1.80 bits per heavy atom. The van der Waals surface area contributed by atoms with Crippen LogP contribution in [0, 0.1) is 0 Å². The highest BCUT2D eigenvalue weighted by molar-refractivity contribution is 7.90. The van der Waals surface area contributed by atoms with Gasteiger partial charge in [0.05, 0.1) is 15.9 Å². The molecule has 0 fully saturated rings. The van der Waals surface area contributed by atoms with Crippen molar-refractivity contribution < 1.29 is 8.42 Å². The van der Waals surface area contributed by atoms with E-state index in [1.807, 2.05) is 34.9 Å². The van der Waals surface area contributed by atoms with Crippen LogP contribution in [0.25, 0.3) is 16.7 Å². The third-order valence-electron chi connectivity index (χ3n) is 3.05. The second-order valence-electron chi connectivity index (χ2n) is 4.51. The number of para-hydroxylation sites is 1. The Morgan fingerprint density at radius 1 is 1.10 bits per heavy atom. The van der Waals surface area contributed by atoms with Gasteiger partial charge in [0, 0.05) is 11.9 Å². The average Bonchev–Trinajstić information content (AvgIpc) is 2.73. The lowest BCUT2D eigenvalue weighted by Crippen LogP contribution is -1.97. The second-order valence-corrected chi connectivity index (χ2v) is 6.92. The van der Waals surface area contributed by atoms with Crippen LogP contribution in [0.3, 0.4) is 0 Å². The lowest BCUT2D eigenvalue weighted by atomic mass is 10.3. The zero-order chi connectivity index (χ0) is 14.3. The normalized spacial score (nSPS) is 11.9. The second kappa shape index (κ2) is 4.64. The molecular weight excluding hydrogens is 292 g/mol. The van der Waals surface area contributed by atoms with Crippen molar-refractivity contribution in [1.29, 1.82) is 0 Å². The molecule has 0 saturated heterocycles. The van der Waals surface area contributed by atoms with Gasteiger partial charge < -0.3 is 0 Å². The van der Waals surface area contributed by atoms with Gasteiger partial charge >= 0.3 is 0 Å². The Labute approximate surface area is 122 Å². The molecule has 0 radical (unpaired) electrons. The summed E-state index contributed by atoms with van der Waals surface area (Å²) < 4.78 is 25.0. The summed E-state index contributed by atoms with van der Waals surface area (Å²) in [7, 11) is -3.24. The number of thiol groups is 1. The molecule has 3 rings (SSSR count). The van der Waals surface area contributed by atoms with Gasteiger partial charge in [0.15, 0.2) is 15.0 Å². The van der Waals surface area contributed by atoms with Gasteiger partial charge in [0.25, 0.3) is 0 Å². The van der Waals surface area contributed by atoms with E-state index in [1.54, 1.807) is 18.2 Å². The number of rotatable bonds is 2. The van der Waals surface area contributed by atoms with Crippen LogP contribution in [0.4, 0.5) is 0 Å². The molecule has 3 aromatic rings. The van der Waals surface area contributed by atoms with Crippen LogP contribution in [-0.4, -0.2) is 24.2 Å². The summed E-state index contributed by atoms with van der Waals surface area (Å²) in [5.74, 6) is 0. The van der Waals surface area contributed by atoms with Crippen LogP contribution in [0.1, 0.15) is 0 Å². The summed E-state index contributed by atoms with van der Waals surface area (Å²) in [4.78, 5) is 4.59. The van der Waals surface area contributed by atoms with Crippen molar-refractivity contribution >= 4 is 33.5 Å². The minimum Gasteiger partial charge on any atom is -0.288 e. The van der Waals surface area contributed by atoms with Gasteiger partial charge in [-0.15, -0.1) is 12.6 Å². The van der Waals surface area contributed by atoms with Gasteiger partial charge in [-0.2, -0.15) is 0 Å². The predicted octanol–water partition coefficient (Wildman–Crippen LogP) is 2.72. The molecular formula is C14H12N2O2S2. The SMILES string of the molecule is CS(=O)(=O)c1ccc2c(c1)nc(S)n2-c1ccccc1. The van der Waals surface area contributed by atoms with Gasteiger partial charge in [-0.3, -0.25) is 4.57 Å². The van der Waals surface area contributed by atoms with Crippen LogP contribution in [0.15, 0.2) is 58.6 Å². The summed E-state index contributed by atoms with van der Waals surface area (Å²) >= 11 is 4.38. The lowest BCUT2D eigenvalue weighted by Gasteiger charge is -2.06. The van der Waals surface area contributed by atoms with E-state index in [9.17, 15) is 8.42 Å². The molecule has 6 heteroatoms. The molecule has 20 heavy (non-hydrogen) atoms. The number of nitrogens with zero attached hydrogens (tertiary/aromatic N) is 2. The first-order chi connectivity index (χ1) is 9.47. The average molecular weight is 304 g/mol. The molecule has 0 bridgehead atoms. The minimum atomic E-state index is -3.24. The number of aromatic nitrogens is 2. The fourth-order valence-electron chi connectivity index (χ4n) is 2.11. The van der Waals surface area contributed by atoms with E-state index in [-0.39, 0.29) is 4.90 Å². The Balaban J connectivity index is 2.29. The molecule has 2 aromatic carbocycles. The van der Waals surface area contributed by atoms with Gasteiger partial charge in [-0.05, 0) is 30.3 Å². The van der Waals surface area contributed by atoms with E-state index in [4.69, 9.17) is 0 Å². The first kappa shape index (κ1) is 13.2. The molecule has 0 aliphatic rings. The summed E-state index contributed by atoms with van der Waals surface area (Å²) in [6.45, 7) is 0. The number of fused-ring (bicyclic) bond motifs is 1. The third-order valence-corrected chi connectivity index (χ3v) is 4.46. The number of sulfone groups is 1. The summed E-state index contributed by atoms with van der Waals surface area (Å²) in [6, 6.07) is 14.6. The Bertz CT molecular complexity index is 884. The number of hydrogen-bond acceptors (Lipinski definition) is 4. The largest absolute Gasteiger partial charge is 0.288 e. The molecule has 0 amide bonds. The molecule has 1 heterocycles. The minimum absolute atomic E-state index is 0.260. The van der Waals surface area contributed by atoms with E-state index in [2.05, 4.69) is 17.6 Å². The highest BCUT2D eigenvalue weighted by atomic mass is 32.2. The molecule has 0 unspecified atom stereocenters. The maximum absolute atomic E-state index is 11.6. The predicted molar refractivity (Wildman–Crippen MR) is 81.4 cm³/mol. The fraction of sp³-hybridized carbons (Fsp3) is 0.0714. The van der Waals surface area contributed by atoms with Gasteiger partial charge in [-0.25, -0.2) is 13.4 Å². The highest BCUT2D eigenvalue weighted by Gasteiger charge is 2.13. The molecule has 102 valence electrons. The quantitative estimate of drug-likeness (QED) is 0.741. The molecule has 1 aromatic heterocycles. The fourth-order valence-corrected chi connectivity index (χ4v) is 3.08. The maximum Gasteiger partial charge on any atom is 0.175 e. The first-order valence-corrected chi connectivity index (χ1v) is 8.27. The van der Waals surface area contributed by atoms with Crippen molar-refractivity contribution in [3.8, 4) is 5.69 Å².